The minimum Gasteiger partial charge on any atom is -0.493 e. The number of hydrogen-bond acceptors (Lipinski definition) is 8. The fraction of sp³-hybridized carbons (Fsp3) is 0.390. The van der Waals surface area contributed by atoms with Gasteiger partial charge in [0, 0.05) is 50.0 Å². The molecule has 270 valence electrons. The molecule has 10 nitrogen and oxygen atoms in total. The maximum Gasteiger partial charge on any atom is 0.295 e. The normalized spacial score (nSPS) is 11.6. The molecular formula is C41H50N4O6. The molecule has 0 aliphatic carbocycles. The smallest absolute Gasteiger partial charge is 0.295 e. The van der Waals surface area contributed by atoms with Gasteiger partial charge in [0.15, 0.2) is 11.5 Å². The number of ketones is 1. The third-order valence-electron chi connectivity index (χ3n) is 9.16. The van der Waals surface area contributed by atoms with Gasteiger partial charge in [-0.05, 0) is 97.5 Å². The van der Waals surface area contributed by atoms with Crippen LogP contribution in [0.5, 0.6) is 17.2 Å². The van der Waals surface area contributed by atoms with Gasteiger partial charge >= 0.3 is 0 Å². The average molecular weight is 695 g/mol. The second-order valence-corrected chi connectivity index (χ2v) is 13.0. The second-order valence-electron chi connectivity index (χ2n) is 13.0. The summed E-state index contributed by atoms with van der Waals surface area (Å²) in [6.07, 6.45) is 11.1. The molecule has 4 aromatic rings. The topological polar surface area (TPSA) is 111 Å². The summed E-state index contributed by atoms with van der Waals surface area (Å²) in [5.41, 5.74) is 3.31. The highest BCUT2D eigenvalue weighted by atomic mass is 16.5. The highest BCUT2D eigenvalue weighted by Crippen LogP contribution is 2.38. The molecule has 0 N–H and O–H groups in total. The lowest BCUT2D eigenvalue weighted by atomic mass is 9.95. The van der Waals surface area contributed by atoms with Crippen LogP contribution < -0.4 is 14.2 Å². The maximum absolute atomic E-state index is 15.1. The fourth-order valence-corrected chi connectivity index (χ4v) is 6.19. The molecule has 0 saturated carbocycles. The molecular weight excluding hydrogens is 644 g/mol. The van der Waals surface area contributed by atoms with Gasteiger partial charge in [-0.3, -0.25) is 24.4 Å². The SMILES string of the molecule is COc1cc(C(=O)C(=O)N(C)[C@@H](CCC(C)C)C(=O)N(Cc2ccccc2)C(CCc2ccncc2)CCc2ccncc2)cc(OC)c1OC. The van der Waals surface area contributed by atoms with E-state index in [1.165, 1.54) is 38.4 Å². The van der Waals surface area contributed by atoms with Crippen LogP contribution in [0.1, 0.15) is 66.6 Å². The van der Waals surface area contributed by atoms with Crippen molar-refractivity contribution in [1.82, 2.24) is 19.8 Å². The summed E-state index contributed by atoms with van der Waals surface area (Å²) in [5.74, 6) is -0.680. The van der Waals surface area contributed by atoms with Crippen LogP contribution in [-0.4, -0.2) is 77.8 Å². The minimum absolute atomic E-state index is 0.0742. The summed E-state index contributed by atoms with van der Waals surface area (Å²) in [5, 5.41) is 0. The van der Waals surface area contributed by atoms with Gasteiger partial charge < -0.3 is 24.0 Å². The molecule has 0 unspecified atom stereocenters. The van der Waals surface area contributed by atoms with Gasteiger partial charge in [0.1, 0.15) is 6.04 Å². The monoisotopic (exact) mass is 694 g/mol. The molecule has 10 heteroatoms. The van der Waals surface area contributed by atoms with E-state index in [9.17, 15) is 9.59 Å². The number of carbonyl (C=O) groups excluding carboxylic acids is 3. The molecule has 4 rings (SSSR count). The Bertz CT molecular complexity index is 1630. The van der Waals surface area contributed by atoms with Crippen LogP contribution in [0.3, 0.4) is 0 Å². The van der Waals surface area contributed by atoms with Crippen LogP contribution in [0, 0.1) is 5.92 Å². The van der Waals surface area contributed by atoms with Gasteiger partial charge in [-0.15, -0.1) is 0 Å². The summed E-state index contributed by atoms with van der Waals surface area (Å²) < 4.78 is 16.3. The van der Waals surface area contributed by atoms with Crippen molar-refractivity contribution in [2.24, 2.45) is 5.92 Å². The first kappa shape index (κ1) is 38.6. The van der Waals surface area contributed by atoms with Crippen molar-refractivity contribution in [2.75, 3.05) is 28.4 Å². The molecule has 0 aliphatic rings. The largest absolute Gasteiger partial charge is 0.493 e. The van der Waals surface area contributed by atoms with Gasteiger partial charge in [-0.25, -0.2) is 0 Å². The molecule has 0 bridgehead atoms. The molecule has 0 radical (unpaired) electrons. The van der Waals surface area contributed by atoms with Gasteiger partial charge in [0.2, 0.25) is 11.7 Å². The van der Waals surface area contributed by atoms with Crippen molar-refractivity contribution in [3.8, 4) is 17.2 Å². The molecule has 2 amide bonds. The Morgan fingerprint density at radius 1 is 0.686 bits per heavy atom. The van der Waals surface area contributed by atoms with Crippen molar-refractivity contribution >= 4 is 17.6 Å². The van der Waals surface area contributed by atoms with E-state index in [1.54, 1.807) is 31.8 Å². The summed E-state index contributed by atoms with van der Waals surface area (Å²) in [7, 11) is 5.90. The number of hydrogen-bond donors (Lipinski definition) is 0. The van der Waals surface area contributed by atoms with E-state index in [-0.39, 0.29) is 34.9 Å². The lowest BCUT2D eigenvalue weighted by Gasteiger charge is -2.38. The Labute approximate surface area is 301 Å². The summed E-state index contributed by atoms with van der Waals surface area (Å²) in [6, 6.07) is 19.7. The number of Topliss-reactive ketones (excluding diaryl/α,β-unsaturated/α-hetero) is 1. The number of ether oxygens (including phenoxy) is 3. The van der Waals surface area contributed by atoms with E-state index >= 15 is 4.79 Å². The average Bonchev–Trinajstić information content (AvgIpc) is 3.16. The first-order chi connectivity index (χ1) is 24.7. The van der Waals surface area contributed by atoms with E-state index < -0.39 is 17.7 Å². The number of aromatic nitrogens is 2. The second kappa shape index (κ2) is 19.2. The van der Waals surface area contributed by atoms with E-state index in [2.05, 4.69) is 23.8 Å². The number of aryl methyl sites for hydroxylation is 2. The predicted octanol–water partition coefficient (Wildman–Crippen LogP) is 6.61. The number of nitrogens with zero attached hydrogens (tertiary/aromatic N) is 4. The quantitative estimate of drug-likeness (QED) is 0.0797. The Balaban J connectivity index is 1.72. The minimum atomic E-state index is -0.876. The van der Waals surface area contributed by atoms with Crippen molar-refractivity contribution in [3.05, 3.63) is 114 Å². The molecule has 2 aromatic carbocycles. The third-order valence-corrected chi connectivity index (χ3v) is 9.16. The van der Waals surface area contributed by atoms with E-state index in [1.807, 2.05) is 59.5 Å². The van der Waals surface area contributed by atoms with Crippen molar-refractivity contribution in [1.29, 1.82) is 0 Å². The number of pyridine rings is 2. The van der Waals surface area contributed by atoms with Crippen LogP contribution in [0.25, 0.3) is 0 Å². The van der Waals surface area contributed by atoms with Gasteiger partial charge in [0.25, 0.3) is 11.7 Å². The third kappa shape index (κ3) is 10.6. The highest BCUT2D eigenvalue weighted by Gasteiger charge is 2.36. The molecule has 2 heterocycles. The van der Waals surface area contributed by atoms with Crippen molar-refractivity contribution in [3.63, 3.8) is 0 Å². The Morgan fingerprint density at radius 3 is 1.69 bits per heavy atom. The lowest BCUT2D eigenvalue weighted by molar-refractivity contribution is -0.145. The van der Waals surface area contributed by atoms with Gasteiger partial charge in [-0.2, -0.15) is 0 Å². The van der Waals surface area contributed by atoms with Crippen molar-refractivity contribution in [2.45, 2.75) is 71.0 Å². The molecule has 0 fully saturated rings. The van der Waals surface area contributed by atoms with Crippen LogP contribution in [-0.2, 0) is 29.0 Å². The Morgan fingerprint density at radius 2 is 1.22 bits per heavy atom. The number of carbonyl (C=O) groups is 3. The van der Waals surface area contributed by atoms with Gasteiger partial charge in [-0.1, -0.05) is 44.2 Å². The van der Waals surface area contributed by atoms with Crippen LogP contribution >= 0.6 is 0 Å². The zero-order chi connectivity index (χ0) is 36.8. The van der Waals surface area contributed by atoms with Gasteiger partial charge in [0.05, 0.1) is 21.3 Å². The number of likely N-dealkylation sites (N-methyl/N-ethyl adjacent to an activating group) is 1. The maximum atomic E-state index is 15.1. The number of rotatable bonds is 19. The molecule has 0 spiro atoms. The van der Waals surface area contributed by atoms with Crippen LogP contribution in [0.4, 0.5) is 0 Å². The number of amides is 2. The van der Waals surface area contributed by atoms with Crippen molar-refractivity contribution < 1.29 is 28.6 Å². The predicted molar refractivity (Wildman–Crippen MR) is 197 cm³/mol. The van der Waals surface area contributed by atoms with E-state index in [4.69, 9.17) is 14.2 Å². The molecule has 1 atom stereocenters. The summed E-state index contributed by atoms with van der Waals surface area (Å²) in [4.78, 5) is 54.5. The van der Waals surface area contributed by atoms with E-state index in [0.29, 0.717) is 38.0 Å². The highest BCUT2D eigenvalue weighted by molar-refractivity contribution is 6.43. The first-order valence-electron chi connectivity index (χ1n) is 17.4. The Hall–Kier alpha value is -5.25. The number of methoxy groups -OCH3 is 3. The molecule has 0 saturated heterocycles. The lowest BCUT2D eigenvalue weighted by Crippen LogP contribution is -2.53. The van der Waals surface area contributed by atoms with Crippen LogP contribution in [0.15, 0.2) is 91.5 Å². The fourth-order valence-electron chi connectivity index (χ4n) is 6.19. The first-order valence-corrected chi connectivity index (χ1v) is 17.4. The molecule has 51 heavy (non-hydrogen) atoms. The van der Waals surface area contributed by atoms with E-state index in [0.717, 1.165) is 29.5 Å². The number of benzene rings is 2. The molecule has 2 aromatic heterocycles. The summed E-state index contributed by atoms with van der Waals surface area (Å²) in [6.45, 7) is 4.52. The zero-order valence-corrected chi connectivity index (χ0v) is 30.6. The standard InChI is InChI=1S/C41H50N4O6/c1-29(2)12-17-35(44(3)41(48)38(46)33-26-36(49-4)39(51-6)37(27-33)50-5)40(47)45(28-32-10-8-7-9-11-32)34(15-13-30-18-22-42-23-19-30)16-14-31-20-24-43-25-21-31/h7-11,18-27,29,34-35H,12-17,28H2,1-6H3/t35-/m0/s1. The van der Waals surface area contributed by atoms with Crippen LogP contribution in [0.2, 0.25) is 0 Å². The Kier molecular flexibility index (Phi) is 14.5. The summed E-state index contributed by atoms with van der Waals surface area (Å²) >= 11 is 0. The molecule has 0 aliphatic heterocycles. The zero-order valence-electron chi connectivity index (χ0n) is 30.6.